The quantitative estimate of drug-likeness (QED) is 0.0195. The number of allylic oxidation sites excluding steroid dienone is 38. The third kappa shape index (κ3) is 80.5. The van der Waals surface area contributed by atoms with Crippen LogP contribution in [0.25, 0.3) is 0 Å². The number of ether oxygens (including phenoxy) is 4. The SMILES string of the molecule is CC/C=C\C/C=C\C/C=C\C/C=C\C/C=C\C/C=C\C/C=C\C/C=C\C/C=C\C/C=C\C/C=C\C/C=C\CCCCCCC(=O)OC(COC(=O)CCCCCCCCCCCCCCC/C=C\C/C=C\C/C=C\C/C=C\C/C=C\C/C=C\C/C=C\CC)COC(OCC[N+](C)(C)C)C(=O)[O-]. The van der Waals surface area contributed by atoms with Gasteiger partial charge in [-0.25, -0.2) is 0 Å². The first kappa shape index (κ1) is 94.4. The van der Waals surface area contributed by atoms with E-state index in [0.717, 1.165) is 173 Å². The summed E-state index contributed by atoms with van der Waals surface area (Å²) >= 11 is 0. The number of carbonyl (C=O) groups is 3. The molecule has 2 atom stereocenters. The van der Waals surface area contributed by atoms with Gasteiger partial charge in [0, 0.05) is 12.8 Å². The second-order valence-electron chi connectivity index (χ2n) is 26.5. The van der Waals surface area contributed by atoms with Crippen molar-refractivity contribution >= 4 is 17.9 Å². The summed E-state index contributed by atoms with van der Waals surface area (Å²) in [6.45, 7) is 4.47. The maximum atomic E-state index is 13.0. The van der Waals surface area contributed by atoms with Crippen molar-refractivity contribution in [3.05, 3.63) is 231 Å². The molecule has 0 rings (SSSR count). The fraction of sp³-hybridized carbons (Fsp3) is 0.554. The van der Waals surface area contributed by atoms with Gasteiger partial charge in [-0.05, 0) is 161 Å². The molecule has 0 bridgehead atoms. The molecule has 101 heavy (non-hydrogen) atoms. The van der Waals surface area contributed by atoms with Crippen molar-refractivity contribution in [1.29, 1.82) is 0 Å². The Morgan fingerprint density at radius 3 is 0.792 bits per heavy atom. The zero-order valence-electron chi connectivity index (χ0n) is 64.4. The molecule has 0 aromatic heterocycles. The summed E-state index contributed by atoms with van der Waals surface area (Å²) in [7, 11) is 5.91. The van der Waals surface area contributed by atoms with Crippen molar-refractivity contribution in [1.82, 2.24) is 0 Å². The standard InChI is InChI=1S/C92H143NO8/c1-6-8-10-12-14-16-18-20-22-24-26-28-30-32-34-36-38-40-42-43-44-45-46-47-49-51-53-55-57-59-61-63-65-67-69-71-73-75-77-79-81-83-90(95)101-88(87-100-92(91(96)97)98-85-84-93(3,4)5)86-99-89(94)82-80-78-76-74-72-70-68-66-64-62-60-58-56-54-52-50-48-41-39-37-35-33-31-29-27-25-23-21-19-17-15-13-11-9-7-2/h8-11,14-17,20-23,26-29,32-35,38-41,43-44,46-47,50-53,57,59,63,65,69,71,88,92H,6-7,12-13,18-19,24-25,30-31,36-37,42,45,48-49,54-56,58,60-62,64,66-68,70,72-87H2,1-5H3/b10-8-,11-9-,16-14-,17-15-,22-20-,23-21-,28-26-,29-27-,34-32-,35-33-,40-38-,41-39-,44-43-,47-46-,52-50-,53-51-,59-57-,65-63-,71-69-. The molecule has 0 aromatic rings. The Balaban J connectivity index is 4.21. The number of carboxylic acid groups (broad SMARTS) is 1. The second-order valence-corrected chi connectivity index (χ2v) is 26.5. The number of aliphatic carboxylic acids is 1. The monoisotopic (exact) mass is 1390 g/mol. The summed E-state index contributed by atoms with van der Waals surface area (Å²) in [5.74, 6) is -2.34. The molecule has 564 valence electrons. The first-order chi connectivity index (χ1) is 49.6. The van der Waals surface area contributed by atoms with Gasteiger partial charge in [0.05, 0.1) is 40.3 Å². The molecule has 0 fully saturated rings. The molecule has 0 aliphatic heterocycles. The number of unbranched alkanes of at least 4 members (excludes halogenated alkanes) is 17. The summed E-state index contributed by atoms with van der Waals surface area (Å²) in [6, 6.07) is 0. The number of rotatable bonds is 70. The highest BCUT2D eigenvalue weighted by molar-refractivity contribution is 5.70. The second kappa shape index (κ2) is 79.1. The summed E-state index contributed by atoms with van der Waals surface area (Å²) < 4.78 is 22.8. The van der Waals surface area contributed by atoms with Gasteiger partial charge < -0.3 is 33.3 Å². The highest BCUT2D eigenvalue weighted by Crippen LogP contribution is 2.16. The number of hydrogen-bond acceptors (Lipinski definition) is 8. The minimum absolute atomic E-state index is 0.130. The minimum atomic E-state index is -1.65. The molecule has 0 saturated heterocycles. The van der Waals surface area contributed by atoms with Crippen LogP contribution in [0.15, 0.2) is 231 Å². The van der Waals surface area contributed by atoms with Gasteiger partial charge in [0.15, 0.2) is 12.4 Å². The number of quaternary nitrogens is 1. The average Bonchev–Trinajstić information content (AvgIpc) is 1.21. The van der Waals surface area contributed by atoms with Crippen LogP contribution in [0.5, 0.6) is 0 Å². The fourth-order valence-corrected chi connectivity index (χ4v) is 9.97. The van der Waals surface area contributed by atoms with Crippen LogP contribution in [0.2, 0.25) is 0 Å². The highest BCUT2D eigenvalue weighted by Gasteiger charge is 2.22. The molecule has 9 nitrogen and oxygen atoms in total. The van der Waals surface area contributed by atoms with E-state index in [9.17, 15) is 19.5 Å². The smallest absolute Gasteiger partial charge is 0.306 e. The van der Waals surface area contributed by atoms with Gasteiger partial charge in [0.2, 0.25) is 0 Å². The van der Waals surface area contributed by atoms with E-state index in [1.54, 1.807) is 0 Å². The van der Waals surface area contributed by atoms with Crippen LogP contribution in [-0.4, -0.2) is 82.3 Å². The maximum absolute atomic E-state index is 13.0. The zero-order chi connectivity index (χ0) is 73.2. The van der Waals surface area contributed by atoms with E-state index in [2.05, 4.69) is 245 Å². The number of hydrogen-bond donors (Lipinski definition) is 0. The van der Waals surface area contributed by atoms with Gasteiger partial charge in [-0.2, -0.15) is 0 Å². The van der Waals surface area contributed by atoms with E-state index in [4.69, 9.17) is 18.9 Å². The topological polar surface area (TPSA) is 111 Å². The maximum Gasteiger partial charge on any atom is 0.306 e. The fourth-order valence-electron chi connectivity index (χ4n) is 9.97. The summed E-state index contributed by atoms with van der Waals surface area (Å²) in [4.78, 5) is 37.6. The normalized spacial score (nSPS) is 14.0. The van der Waals surface area contributed by atoms with Crippen molar-refractivity contribution in [3.63, 3.8) is 0 Å². The molecule has 0 radical (unpaired) electrons. The molecule has 2 unspecified atom stereocenters. The van der Waals surface area contributed by atoms with Crippen LogP contribution < -0.4 is 5.11 Å². The summed E-state index contributed by atoms with van der Waals surface area (Å²) in [5.41, 5.74) is 0. The molecule has 0 aromatic carbocycles. The first-order valence-electron chi connectivity index (χ1n) is 39.5. The van der Waals surface area contributed by atoms with E-state index < -0.39 is 24.3 Å². The van der Waals surface area contributed by atoms with Gasteiger partial charge in [-0.1, -0.05) is 328 Å². The van der Waals surface area contributed by atoms with Crippen molar-refractivity contribution in [2.75, 3.05) is 47.5 Å². The first-order valence-corrected chi connectivity index (χ1v) is 39.5. The average molecular weight is 1390 g/mol. The van der Waals surface area contributed by atoms with Crippen LogP contribution in [0.3, 0.4) is 0 Å². The van der Waals surface area contributed by atoms with Gasteiger partial charge in [-0.3, -0.25) is 9.59 Å². The Morgan fingerprint density at radius 2 is 0.535 bits per heavy atom. The molecule has 0 amide bonds. The van der Waals surface area contributed by atoms with Crippen molar-refractivity contribution < 1.29 is 42.9 Å². The molecule has 0 saturated carbocycles. The predicted molar refractivity (Wildman–Crippen MR) is 434 cm³/mol. The van der Waals surface area contributed by atoms with Crippen LogP contribution in [0, 0.1) is 0 Å². The molecule has 0 spiro atoms. The predicted octanol–water partition coefficient (Wildman–Crippen LogP) is 24.5. The lowest BCUT2D eigenvalue weighted by molar-refractivity contribution is -0.870. The summed E-state index contributed by atoms with van der Waals surface area (Å²) in [5, 5.41) is 11.9. The molecule has 9 heteroatoms. The summed E-state index contributed by atoms with van der Waals surface area (Å²) in [6.07, 6.45) is 123. The lowest BCUT2D eigenvalue weighted by Crippen LogP contribution is -2.44. The third-order valence-corrected chi connectivity index (χ3v) is 15.9. The van der Waals surface area contributed by atoms with Crippen molar-refractivity contribution in [2.24, 2.45) is 0 Å². The number of carbonyl (C=O) groups excluding carboxylic acids is 3. The van der Waals surface area contributed by atoms with E-state index in [0.29, 0.717) is 17.4 Å². The third-order valence-electron chi connectivity index (χ3n) is 15.9. The van der Waals surface area contributed by atoms with Crippen molar-refractivity contribution in [3.8, 4) is 0 Å². The Labute approximate surface area is 619 Å². The number of esters is 2. The number of carboxylic acids is 1. The van der Waals surface area contributed by atoms with Crippen LogP contribution >= 0.6 is 0 Å². The van der Waals surface area contributed by atoms with Gasteiger partial charge in [0.1, 0.15) is 13.2 Å². The van der Waals surface area contributed by atoms with E-state index in [1.807, 2.05) is 21.1 Å². The Hall–Kier alpha value is -6.65. The number of nitrogens with zero attached hydrogens (tertiary/aromatic N) is 1. The molecule has 0 heterocycles. The van der Waals surface area contributed by atoms with Gasteiger partial charge in [-0.15, -0.1) is 0 Å². The Kier molecular flexibility index (Phi) is 73.9. The van der Waals surface area contributed by atoms with Gasteiger partial charge in [0.25, 0.3) is 0 Å². The van der Waals surface area contributed by atoms with Crippen LogP contribution in [0.4, 0.5) is 0 Å². The van der Waals surface area contributed by atoms with Crippen molar-refractivity contribution in [2.45, 2.75) is 283 Å². The lowest BCUT2D eigenvalue weighted by Gasteiger charge is -2.26. The Morgan fingerprint density at radius 1 is 0.297 bits per heavy atom. The van der Waals surface area contributed by atoms with Gasteiger partial charge >= 0.3 is 11.9 Å². The van der Waals surface area contributed by atoms with Crippen LogP contribution in [-0.2, 0) is 33.3 Å². The lowest BCUT2D eigenvalue weighted by atomic mass is 10.0. The molecular formula is C92H143NO8. The Bertz CT molecular complexity index is 2520. The minimum Gasteiger partial charge on any atom is -0.545 e. The van der Waals surface area contributed by atoms with E-state index in [-0.39, 0.29) is 38.6 Å². The molecular weight excluding hydrogens is 1250 g/mol. The zero-order valence-corrected chi connectivity index (χ0v) is 64.4. The van der Waals surface area contributed by atoms with E-state index >= 15 is 0 Å². The molecule has 0 N–H and O–H groups in total. The molecule has 0 aliphatic rings. The molecule has 0 aliphatic carbocycles. The van der Waals surface area contributed by atoms with Crippen LogP contribution in [0.1, 0.15) is 271 Å². The number of likely N-dealkylation sites (N-methyl/N-ethyl adjacent to an activating group) is 1. The highest BCUT2D eigenvalue weighted by atomic mass is 16.7. The largest absolute Gasteiger partial charge is 0.545 e. The van der Waals surface area contributed by atoms with E-state index in [1.165, 1.54) is 64.2 Å².